The lowest BCUT2D eigenvalue weighted by Gasteiger charge is -2.11. The first-order chi connectivity index (χ1) is 27.2. The van der Waals surface area contributed by atoms with E-state index in [9.17, 15) is 0 Å². The topological polar surface area (TPSA) is 38.9 Å². The van der Waals surface area contributed by atoms with E-state index in [1.54, 1.807) is 0 Å². The minimum absolute atomic E-state index is 0.575. The molecule has 0 unspecified atom stereocenters. The Bertz CT molecular complexity index is 2960. The fourth-order valence-electron chi connectivity index (χ4n) is 7.52. The maximum Gasteiger partial charge on any atom is 0.231 e. The van der Waals surface area contributed by atoms with Crippen LogP contribution in [0.1, 0.15) is 0 Å². The van der Waals surface area contributed by atoms with E-state index < -0.39 is 0 Å². The molecular weight excluding hydrogens is 669 g/mol. The lowest BCUT2D eigenvalue weighted by atomic mass is 9.95. The standard InChI is InChI=1S/C52H34N2O/c1-3-13-35(14-4-1)39-17-9-19-41(31-39)37-27-29-38(30-28-37)50-49-47-25-7-8-26-48(47)55-52(49)54-51(53-50)46-24-12-23-45(34-46)44-22-11-21-43(33-44)42-20-10-18-40(32-42)36-15-5-2-6-16-36/h1-34H. The van der Waals surface area contributed by atoms with Gasteiger partial charge in [0, 0.05) is 16.5 Å². The molecule has 0 aliphatic carbocycles. The second-order valence-electron chi connectivity index (χ2n) is 13.8. The average molecular weight is 703 g/mol. The van der Waals surface area contributed by atoms with Crippen LogP contribution in [0.25, 0.3) is 100 Å². The fraction of sp³-hybridized carbons (Fsp3) is 0. The van der Waals surface area contributed by atoms with Crippen molar-refractivity contribution in [3.8, 4) is 78.3 Å². The molecule has 0 radical (unpaired) electrons. The number of fused-ring (bicyclic) bond motifs is 3. The molecule has 0 saturated heterocycles. The van der Waals surface area contributed by atoms with E-state index >= 15 is 0 Å². The van der Waals surface area contributed by atoms with Crippen LogP contribution in [0.5, 0.6) is 0 Å². The van der Waals surface area contributed by atoms with E-state index in [4.69, 9.17) is 14.4 Å². The molecule has 0 atom stereocenters. The van der Waals surface area contributed by atoms with Crippen LogP contribution in [0.15, 0.2) is 211 Å². The molecule has 3 nitrogen and oxygen atoms in total. The van der Waals surface area contributed by atoms with Crippen LogP contribution in [0, 0.1) is 0 Å². The molecule has 55 heavy (non-hydrogen) atoms. The van der Waals surface area contributed by atoms with Crippen molar-refractivity contribution < 1.29 is 4.42 Å². The number of furan rings is 1. The van der Waals surface area contributed by atoms with Gasteiger partial charge in [-0.2, -0.15) is 4.98 Å². The van der Waals surface area contributed by atoms with Crippen molar-refractivity contribution in [1.82, 2.24) is 9.97 Å². The van der Waals surface area contributed by atoms with Gasteiger partial charge in [0.25, 0.3) is 0 Å². The largest absolute Gasteiger partial charge is 0.438 e. The monoisotopic (exact) mass is 702 g/mol. The van der Waals surface area contributed by atoms with Gasteiger partial charge in [-0.25, -0.2) is 4.98 Å². The molecule has 3 heteroatoms. The number of aromatic nitrogens is 2. The highest BCUT2D eigenvalue weighted by molar-refractivity contribution is 6.10. The number of benzene rings is 8. The van der Waals surface area contributed by atoms with Gasteiger partial charge in [-0.05, 0) is 86.0 Å². The molecule has 0 aliphatic rings. The first kappa shape index (κ1) is 32.3. The van der Waals surface area contributed by atoms with Gasteiger partial charge < -0.3 is 4.42 Å². The van der Waals surface area contributed by atoms with Crippen molar-refractivity contribution >= 4 is 22.1 Å². The molecular formula is C52H34N2O. The Balaban J connectivity index is 1.03. The smallest absolute Gasteiger partial charge is 0.231 e. The van der Waals surface area contributed by atoms with Gasteiger partial charge in [0.2, 0.25) is 5.71 Å². The van der Waals surface area contributed by atoms with E-state index in [0.29, 0.717) is 11.5 Å². The van der Waals surface area contributed by atoms with E-state index in [1.807, 2.05) is 24.3 Å². The van der Waals surface area contributed by atoms with Crippen molar-refractivity contribution in [2.24, 2.45) is 0 Å². The van der Waals surface area contributed by atoms with Crippen molar-refractivity contribution in [3.05, 3.63) is 206 Å². The summed E-state index contributed by atoms with van der Waals surface area (Å²) in [6.07, 6.45) is 0. The zero-order chi connectivity index (χ0) is 36.6. The first-order valence-electron chi connectivity index (χ1n) is 18.6. The SMILES string of the molecule is c1ccc(-c2cccc(-c3ccc(-c4nc(-c5cccc(-c6cccc(-c7cccc(-c8ccccc8)c7)c6)c5)nc5oc6ccccc6c45)cc3)c2)cc1. The first-order valence-corrected chi connectivity index (χ1v) is 18.6. The molecule has 10 rings (SSSR count). The molecule has 0 bridgehead atoms. The average Bonchev–Trinajstić information content (AvgIpc) is 3.66. The van der Waals surface area contributed by atoms with E-state index in [0.717, 1.165) is 55.4 Å². The Hall–Kier alpha value is -7.36. The predicted octanol–water partition coefficient (Wildman–Crippen LogP) is 14.0. The Kier molecular flexibility index (Phi) is 8.16. The minimum Gasteiger partial charge on any atom is -0.438 e. The number of hydrogen-bond acceptors (Lipinski definition) is 3. The molecule has 0 saturated carbocycles. The van der Waals surface area contributed by atoms with Crippen molar-refractivity contribution in [3.63, 3.8) is 0 Å². The molecule has 0 spiro atoms. The van der Waals surface area contributed by atoms with Crippen molar-refractivity contribution in [2.45, 2.75) is 0 Å². The van der Waals surface area contributed by atoms with Crippen LogP contribution in [0.4, 0.5) is 0 Å². The highest BCUT2D eigenvalue weighted by Crippen LogP contribution is 2.38. The minimum atomic E-state index is 0.575. The highest BCUT2D eigenvalue weighted by Gasteiger charge is 2.19. The van der Waals surface area contributed by atoms with Crippen LogP contribution >= 0.6 is 0 Å². The zero-order valence-corrected chi connectivity index (χ0v) is 29.9. The second kappa shape index (κ2) is 13.9. The summed E-state index contributed by atoms with van der Waals surface area (Å²) in [5.41, 5.74) is 15.8. The Morgan fingerprint density at radius 1 is 0.291 bits per heavy atom. The molecule has 0 fully saturated rings. The summed E-state index contributed by atoms with van der Waals surface area (Å²) in [5, 5.41) is 1.92. The van der Waals surface area contributed by atoms with Crippen molar-refractivity contribution in [2.75, 3.05) is 0 Å². The quantitative estimate of drug-likeness (QED) is 0.166. The van der Waals surface area contributed by atoms with Crippen LogP contribution in [0.3, 0.4) is 0 Å². The third-order valence-electron chi connectivity index (χ3n) is 10.3. The van der Waals surface area contributed by atoms with Gasteiger partial charge in [0.15, 0.2) is 5.82 Å². The molecule has 0 aliphatic heterocycles. The summed E-state index contributed by atoms with van der Waals surface area (Å²) in [6.45, 7) is 0. The van der Waals surface area contributed by atoms with Crippen LogP contribution < -0.4 is 0 Å². The molecule has 0 N–H and O–H groups in total. The van der Waals surface area contributed by atoms with E-state index in [-0.39, 0.29) is 0 Å². The van der Waals surface area contributed by atoms with Gasteiger partial charge >= 0.3 is 0 Å². The Morgan fingerprint density at radius 2 is 0.673 bits per heavy atom. The third kappa shape index (κ3) is 6.28. The molecule has 10 aromatic rings. The summed E-state index contributed by atoms with van der Waals surface area (Å²) >= 11 is 0. The zero-order valence-electron chi connectivity index (χ0n) is 29.9. The Morgan fingerprint density at radius 3 is 1.20 bits per heavy atom. The summed E-state index contributed by atoms with van der Waals surface area (Å²) < 4.78 is 6.40. The number of para-hydroxylation sites is 1. The number of hydrogen-bond donors (Lipinski definition) is 0. The maximum atomic E-state index is 6.40. The lowest BCUT2D eigenvalue weighted by molar-refractivity contribution is 0.653. The van der Waals surface area contributed by atoms with Crippen LogP contribution in [-0.4, -0.2) is 9.97 Å². The molecule has 2 aromatic heterocycles. The molecule has 8 aromatic carbocycles. The summed E-state index contributed by atoms with van der Waals surface area (Å²) in [4.78, 5) is 10.3. The highest BCUT2D eigenvalue weighted by atomic mass is 16.3. The summed E-state index contributed by atoms with van der Waals surface area (Å²) in [6, 6.07) is 72.4. The number of rotatable bonds is 7. The third-order valence-corrected chi connectivity index (χ3v) is 10.3. The van der Waals surface area contributed by atoms with E-state index in [2.05, 4.69) is 182 Å². The Labute approximate surface area is 319 Å². The fourth-order valence-corrected chi connectivity index (χ4v) is 7.52. The van der Waals surface area contributed by atoms with Crippen LogP contribution in [-0.2, 0) is 0 Å². The van der Waals surface area contributed by atoms with Gasteiger partial charge in [-0.1, -0.05) is 176 Å². The maximum absolute atomic E-state index is 6.40. The second-order valence-corrected chi connectivity index (χ2v) is 13.8. The van der Waals surface area contributed by atoms with Gasteiger partial charge in [0.1, 0.15) is 5.58 Å². The van der Waals surface area contributed by atoms with Gasteiger partial charge in [-0.3, -0.25) is 0 Å². The summed E-state index contributed by atoms with van der Waals surface area (Å²) in [5.74, 6) is 0.620. The van der Waals surface area contributed by atoms with Gasteiger partial charge in [0.05, 0.1) is 11.1 Å². The lowest BCUT2D eigenvalue weighted by Crippen LogP contribution is -1.94. The molecule has 0 amide bonds. The summed E-state index contributed by atoms with van der Waals surface area (Å²) in [7, 11) is 0. The van der Waals surface area contributed by atoms with Crippen molar-refractivity contribution in [1.29, 1.82) is 0 Å². The number of nitrogens with zero attached hydrogens (tertiary/aromatic N) is 2. The predicted molar refractivity (Wildman–Crippen MR) is 227 cm³/mol. The molecule has 258 valence electrons. The van der Waals surface area contributed by atoms with E-state index in [1.165, 1.54) is 33.4 Å². The molecule has 2 heterocycles. The van der Waals surface area contributed by atoms with Gasteiger partial charge in [-0.15, -0.1) is 0 Å². The normalized spacial score (nSPS) is 11.3. The van der Waals surface area contributed by atoms with Crippen LogP contribution in [0.2, 0.25) is 0 Å².